The zero-order valence-corrected chi connectivity index (χ0v) is 18.1. The Balaban J connectivity index is 2.03. The number of imidazole rings is 1. The molecule has 1 amide bonds. The highest BCUT2D eigenvalue weighted by Crippen LogP contribution is 2.34. The van der Waals surface area contributed by atoms with Gasteiger partial charge in [0.05, 0.1) is 17.2 Å². The lowest BCUT2D eigenvalue weighted by molar-refractivity contribution is -0.137. The second kappa shape index (κ2) is 8.45. The number of nitrogens with one attached hydrogen (secondary N) is 2. The SMILES string of the molecule is CNC(=O)[C@@H](CC(=O)c1nc(-c2cccc(C(F)(F)F)c2)n2c1CNCC2)C(C)(C)C. The molecule has 0 bridgehead atoms. The molecule has 2 heterocycles. The maximum absolute atomic E-state index is 13.2. The van der Waals surface area contributed by atoms with Crippen LogP contribution in [0.2, 0.25) is 0 Å². The number of fused-ring (bicyclic) bond motifs is 1. The number of aromatic nitrogens is 2. The summed E-state index contributed by atoms with van der Waals surface area (Å²) in [6, 6.07) is 4.95. The molecule has 0 aliphatic carbocycles. The number of carbonyl (C=O) groups is 2. The number of nitrogens with zero attached hydrogens (tertiary/aromatic N) is 2. The Labute approximate surface area is 179 Å². The van der Waals surface area contributed by atoms with Crippen LogP contribution in [0.25, 0.3) is 11.4 Å². The van der Waals surface area contributed by atoms with E-state index < -0.39 is 23.1 Å². The summed E-state index contributed by atoms with van der Waals surface area (Å²) in [7, 11) is 1.53. The molecule has 31 heavy (non-hydrogen) atoms. The van der Waals surface area contributed by atoms with Crippen molar-refractivity contribution >= 4 is 11.7 Å². The number of carbonyl (C=O) groups excluding carboxylic acids is 2. The summed E-state index contributed by atoms with van der Waals surface area (Å²) >= 11 is 0. The highest BCUT2D eigenvalue weighted by atomic mass is 19.4. The molecule has 0 fully saturated rings. The van der Waals surface area contributed by atoms with Gasteiger partial charge in [-0.05, 0) is 17.5 Å². The van der Waals surface area contributed by atoms with Crippen LogP contribution in [0.4, 0.5) is 13.2 Å². The van der Waals surface area contributed by atoms with Gasteiger partial charge in [0.15, 0.2) is 5.78 Å². The van der Waals surface area contributed by atoms with Crippen LogP contribution in [0, 0.1) is 11.3 Å². The minimum absolute atomic E-state index is 0.0325. The highest BCUT2D eigenvalue weighted by Gasteiger charge is 2.35. The van der Waals surface area contributed by atoms with Crippen LogP contribution in [-0.4, -0.2) is 34.8 Å². The first-order valence-corrected chi connectivity index (χ1v) is 10.2. The van der Waals surface area contributed by atoms with E-state index in [1.54, 1.807) is 10.6 Å². The molecule has 2 aromatic rings. The molecule has 9 heteroatoms. The number of hydrogen-bond donors (Lipinski definition) is 2. The van der Waals surface area contributed by atoms with Crippen molar-refractivity contribution in [1.82, 2.24) is 20.2 Å². The first-order valence-electron chi connectivity index (χ1n) is 10.2. The van der Waals surface area contributed by atoms with Crippen molar-refractivity contribution in [2.75, 3.05) is 13.6 Å². The Morgan fingerprint density at radius 2 is 1.97 bits per heavy atom. The quantitative estimate of drug-likeness (QED) is 0.702. The van der Waals surface area contributed by atoms with Gasteiger partial charge in [-0.3, -0.25) is 9.59 Å². The summed E-state index contributed by atoms with van der Waals surface area (Å²) in [5.74, 6) is -0.756. The third-order valence-electron chi connectivity index (χ3n) is 5.59. The van der Waals surface area contributed by atoms with Gasteiger partial charge in [0.1, 0.15) is 11.5 Å². The first-order chi connectivity index (χ1) is 14.4. The number of benzene rings is 1. The van der Waals surface area contributed by atoms with E-state index in [0.29, 0.717) is 36.7 Å². The van der Waals surface area contributed by atoms with Gasteiger partial charge < -0.3 is 15.2 Å². The minimum atomic E-state index is -4.47. The zero-order chi connectivity index (χ0) is 23.0. The van der Waals surface area contributed by atoms with E-state index in [0.717, 1.165) is 12.1 Å². The Hall–Kier alpha value is -2.68. The molecule has 3 rings (SSSR count). The topological polar surface area (TPSA) is 76.0 Å². The smallest absolute Gasteiger partial charge is 0.359 e. The van der Waals surface area contributed by atoms with Crippen LogP contribution < -0.4 is 10.6 Å². The van der Waals surface area contributed by atoms with E-state index >= 15 is 0 Å². The van der Waals surface area contributed by atoms with Gasteiger partial charge in [-0.1, -0.05) is 32.9 Å². The normalized spacial score (nSPS) is 15.3. The third-order valence-corrected chi connectivity index (χ3v) is 5.59. The fourth-order valence-corrected chi connectivity index (χ4v) is 3.83. The molecule has 1 aromatic heterocycles. The summed E-state index contributed by atoms with van der Waals surface area (Å²) in [6.45, 7) is 7.15. The molecule has 0 spiro atoms. The largest absolute Gasteiger partial charge is 0.416 e. The average Bonchev–Trinajstić information content (AvgIpc) is 3.10. The van der Waals surface area contributed by atoms with Crippen LogP contribution in [-0.2, 0) is 24.1 Å². The van der Waals surface area contributed by atoms with E-state index in [2.05, 4.69) is 15.6 Å². The minimum Gasteiger partial charge on any atom is -0.359 e. The van der Waals surface area contributed by atoms with E-state index in [1.165, 1.54) is 13.1 Å². The lowest BCUT2D eigenvalue weighted by atomic mass is 9.77. The predicted molar refractivity (Wildman–Crippen MR) is 110 cm³/mol. The molecule has 1 aliphatic rings. The van der Waals surface area contributed by atoms with Crippen LogP contribution >= 0.6 is 0 Å². The van der Waals surface area contributed by atoms with Crippen molar-refractivity contribution in [2.45, 2.75) is 46.5 Å². The van der Waals surface area contributed by atoms with Crippen molar-refractivity contribution in [3.05, 3.63) is 41.2 Å². The van der Waals surface area contributed by atoms with Gasteiger partial charge in [0.25, 0.3) is 0 Å². The van der Waals surface area contributed by atoms with Crippen molar-refractivity contribution < 1.29 is 22.8 Å². The molecule has 0 saturated carbocycles. The summed E-state index contributed by atoms with van der Waals surface area (Å²) in [5.41, 5.74) is -0.0734. The van der Waals surface area contributed by atoms with Gasteiger partial charge in [-0.25, -0.2) is 4.98 Å². The van der Waals surface area contributed by atoms with Crippen LogP contribution in [0.5, 0.6) is 0 Å². The van der Waals surface area contributed by atoms with Gasteiger partial charge in [0.2, 0.25) is 5.91 Å². The number of Topliss-reactive ketones (excluding diaryl/α,β-unsaturated/α-hetero) is 1. The Morgan fingerprint density at radius 3 is 2.58 bits per heavy atom. The summed E-state index contributed by atoms with van der Waals surface area (Å²) in [6.07, 6.45) is -4.50. The fourth-order valence-electron chi connectivity index (χ4n) is 3.83. The van der Waals surface area contributed by atoms with Crippen molar-refractivity contribution in [3.63, 3.8) is 0 Å². The highest BCUT2D eigenvalue weighted by molar-refractivity contribution is 5.99. The molecule has 1 aromatic carbocycles. The Kier molecular flexibility index (Phi) is 6.27. The van der Waals surface area contributed by atoms with Crippen LogP contribution in [0.1, 0.15) is 48.9 Å². The average molecular weight is 436 g/mol. The Morgan fingerprint density at radius 1 is 1.26 bits per heavy atom. The molecule has 0 saturated heterocycles. The van der Waals surface area contributed by atoms with Crippen molar-refractivity contribution in [3.8, 4) is 11.4 Å². The maximum Gasteiger partial charge on any atom is 0.416 e. The molecule has 6 nitrogen and oxygen atoms in total. The number of halogens is 3. The standard InChI is InChI=1S/C22H27F3N4O2/c1-21(2,3)15(20(31)26-4)11-17(30)18-16-12-27-8-9-29(16)19(28-18)13-6-5-7-14(10-13)22(23,24)25/h5-7,10,15,27H,8-9,11-12H2,1-4H3,(H,26,31)/t15-/m1/s1. The van der Waals surface area contributed by atoms with E-state index in [1.807, 2.05) is 20.8 Å². The lowest BCUT2D eigenvalue weighted by Crippen LogP contribution is -2.38. The number of hydrogen-bond acceptors (Lipinski definition) is 4. The van der Waals surface area contributed by atoms with Gasteiger partial charge in [-0.2, -0.15) is 13.2 Å². The fraction of sp³-hybridized carbons (Fsp3) is 0.500. The Bertz CT molecular complexity index is 990. The van der Waals surface area contributed by atoms with E-state index in [9.17, 15) is 22.8 Å². The monoisotopic (exact) mass is 436 g/mol. The van der Waals surface area contributed by atoms with Gasteiger partial charge in [-0.15, -0.1) is 0 Å². The van der Waals surface area contributed by atoms with Crippen LogP contribution in [0.3, 0.4) is 0 Å². The molecular weight excluding hydrogens is 409 g/mol. The number of rotatable bonds is 5. The summed E-state index contributed by atoms with van der Waals surface area (Å²) in [5, 5.41) is 5.79. The molecule has 1 atom stereocenters. The van der Waals surface area contributed by atoms with Crippen LogP contribution in [0.15, 0.2) is 24.3 Å². The van der Waals surface area contributed by atoms with E-state index in [-0.39, 0.29) is 23.8 Å². The van der Waals surface area contributed by atoms with Gasteiger partial charge >= 0.3 is 6.18 Å². The van der Waals surface area contributed by atoms with Crippen molar-refractivity contribution in [1.29, 1.82) is 0 Å². The second-order valence-corrected chi connectivity index (χ2v) is 8.80. The predicted octanol–water partition coefficient (Wildman–Crippen LogP) is 3.65. The zero-order valence-electron chi connectivity index (χ0n) is 18.1. The molecule has 168 valence electrons. The number of amides is 1. The molecule has 0 radical (unpaired) electrons. The molecule has 0 unspecified atom stereocenters. The summed E-state index contributed by atoms with van der Waals surface area (Å²) < 4.78 is 41.4. The third kappa shape index (κ3) is 4.81. The number of alkyl halides is 3. The molecular formula is C22H27F3N4O2. The second-order valence-electron chi connectivity index (χ2n) is 8.80. The van der Waals surface area contributed by atoms with Crippen molar-refractivity contribution in [2.24, 2.45) is 11.3 Å². The number of ketones is 1. The first kappa shape index (κ1) is 23.0. The maximum atomic E-state index is 13.2. The summed E-state index contributed by atoms with van der Waals surface area (Å²) in [4.78, 5) is 30.0. The molecule has 2 N–H and O–H groups in total. The van der Waals surface area contributed by atoms with E-state index in [4.69, 9.17) is 0 Å². The van der Waals surface area contributed by atoms with Gasteiger partial charge in [0, 0.05) is 38.7 Å². The molecule has 1 aliphatic heterocycles. The lowest BCUT2D eigenvalue weighted by Gasteiger charge is -2.28.